The van der Waals surface area contributed by atoms with Crippen LogP contribution in [0.2, 0.25) is 5.15 Å². The Kier molecular flexibility index (Phi) is 1.97. The van der Waals surface area contributed by atoms with Gasteiger partial charge in [-0.3, -0.25) is 4.79 Å². The summed E-state index contributed by atoms with van der Waals surface area (Å²) in [6.45, 7) is 0. The van der Waals surface area contributed by atoms with Gasteiger partial charge in [0.15, 0.2) is 6.29 Å². The molecule has 2 nitrogen and oxygen atoms in total. The highest BCUT2D eigenvalue weighted by molar-refractivity contribution is 6.31. The van der Waals surface area contributed by atoms with Gasteiger partial charge in [-0.15, -0.1) is 0 Å². The van der Waals surface area contributed by atoms with E-state index in [1.54, 1.807) is 0 Å². The molecular formula is C6H3ClFNO. The van der Waals surface area contributed by atoms with Crippen molar-refractivity contribution in [2.45, 2.75) is 0 Å². The summed E-state index contributed by atoms with van der Waals surface area (Å²) in [5, 5.41) is -0.102. The molecule has 0 saturated heterocycles. The molecule has 0 fully saturated rings. The van der Waals surface area contributed by atoms with Crippen molar-refractivity contribution in [1.29, 1.82) is 0 Å². The van der Waals surface area contributed by atoms with E-state index in [9.17, 15) is 9.18 Å². The van der Waals surface area contributed by atoms with Crippen LogP contribution in [0.3, 0.4) is 0 Å². The van der Waals surface area contributed by atoms with E-state index in [2.05, 4.69) is 4.98 Å². The molecule has 4 heteroatoms. The summed E-state index contributed by atoms with van der Waals surface area (Å²) < 4.78 is 12.2. The van der Waals surface area contributed by atoms with Gasteiger partial charge in [-0.05, 0) is 12.1 Å². The molecule has 0 unspecified atom stereocenters. The SMILES string of the molecule is O=Cc1ccc(F)nc1Cl. The number of carbonyl (C=O) groups is 1. The summed E-state index contributed by atoms with van der Waals surface area (Å²) in [5.74, 6) is -0.685. The number of nitrogens with zero attached hydrogens (tertiary/aromatic N) is 1. The maximum absolute atomic E-state index is 12.2. The van der Waals surface area contributed by atoms with Gasteiger partial charge in [-0.25, -0.2) is 4.98 Å². The smallest absolute Gasteiger partial charge is 0.214 e. The molecule has 0 radical (unpaired) electrons. The largest absolute Gasteiger partial charge is 0.298 e. The molecule has 0 bridgehead atoms. The molecule has 0 aliphatic heterocycles. The lowest BCUT2D eigenvalue weighted by atomic mass is 10.3. The number of aromatic nitrogens is 1. The molecule has 0 aliphatic carbocycles. The molecule has 0 spiro atoms. The molecule has 10 heavy (non-hydrogen) atoms. The summed E-state index contributed by atoms with van der Waals surface area (Å²) in [6, 6.07) is 2.35. The third-order valence-electron chi connectivity index (χ3n) is 0.971. The molecule has 0 N–H and O–H groups in total. The molecule has 0 saturated carbocycles. The molecule has 0 amide bonds. The fraction of sp³-hybridized carbons (Fsp3) is 0. The number of pyridine rings is 1. The molecule has 52 valence electrons. The number of rotatable bonds is 1. The van der Waals surface area contributed by atoms with Crippen molar-refractivity contribution < 1.29 is 9.18 Å². The van der Waals surface area contributed by atoms with Crippen molar-refractivity contribution in [3.8, 4) is 0 Å². The highest BCUT2D eigenvalue weighted by Gasteiger charge is 2.00. The van der Waals surface area contributed by atoms with Crippen LogP contribution in [0, 0.1) is 5.95 Å². The van der Waals surface area contributed by atoms with Gasteiger partial charge in [0, 0.05) is 0 Å². The van der Waals surface area contributed by atoms with Crippen LogP contribution in [-0.2, 0) is 0 Å². The van der Waals surface area contributed by atoms with E-state index in [-0.39, 0.29) is 10.7 Å². The lowest BCUT2D eigenvalue weighted by Crippen LogP contribution is -1.88. The lowest BCUT2D eigenvalue weighted by molar-refractivity contribution is 0.112. The van der Waals surface area contributed by atoms with Crippen LogP contribution >= 0.6 is 11.6 Å². The molecule has 1 aromatic rings. The number of carbonyl (C=O) groups excluding carboxylic acids is 1. The maximum Gasteiger partial charge on any atom is 0.214 e. The molecule has 0 atom stereocenters. The average molecular weight is 160 g/mol. The summed E-state index contributed by atoms with van der Waals surface area (Å²) >= 11 is 5.35. The molecule has 1 heterocycles. The number of aldehydes is 1. The molecule has 1 aromatic heterocycles. The first-order valence-electron chi connectivity index (χ1n) is 2.51. The zero-order chi connectivity index (χ0) is 7.56. The summed E-state index contributed by atoms with van der Waals surface area (Å²) in [5.41, 5.74) is 0.197. The van der Waals surface area contributed by atoms with Crippen molar-refractivity contribution >= 4 is 17.9 Å². The Labute approximate surface area is 61.6 Å². The summed E-state index contributed by atoms with van der Waals surface area (Å²) in [6.07, 6.45) is 0.523. The van der Waals surface area contributed by atoms with Crippen LogP contribution in [0.15, 0.2) is 12.1 Å². The average Bonchev–Trinajstić information content (AvgIpc) is 1.88. The number of hydrogen-bond acceptors (Lipinski definition) is 2. The predicted molar refractivity (Wildman–Crippen MR) is 34.6 cm³/mol. The normalized spacial score (nSPS) is 9.40. The van der Waals surface area contributed by atoms with E-state index in [0.29, 0.717) is 6.29 Å². The number of halogens is 2. The third-order valence-corrected chi connectivity index (χ3v) is 1.27. The van der Waals surface area contributed by atoms with Gasteiger partial charge in [0.2, 0.25) is 5.95 Å². The first-order valence-corrected chi connectivity index (χ1v) is 2.89. The lowest BCUT2D eigenvalue weighted by Gasteiger charge is -1.91. The topological polar surface area (TPSA) is 30.0 Å². The van der Waals surface area contributed by atoms with Crippen LogP contribution in [-0.4, -0.2) is 11.3 Å². The van der Waals surface area contributed by atoms with Crippen LogP contribution in [0.4, 0.5) is 4.39 Å². The molecule has 1 rings (SSSR count). The Hall–Kier alpha value is -0.960. The first-order chi connectivity index (χ1) is 4.74. The van der Waals surface area contributed by atoms with E-state index in [0.717, 1.165) is 6.07 Å². The van der Waals surface area contributed by atoms with Crippen molar-refractivity contribution in [2.24, 2.45) is 0 Å². The Balaban J connectivity index is 3.19. The first kappa shape index (κ1) is 7.15. The Morgan fingerprint density at radius 2 is 2.30 bits per heavy atom. The third kappa shape index (κ3) is 1.30. The van der Waals surface area contributed by atoms with Crippen LogP contribution in [0.1, 0.15) is 10.4 Å². The minimum atomic E-state index is -0.685. The van der Waals surface area contributed by atoms with Gasteiger partial charge >= 0.3 is 0 Å². The zero-order valence-electron chi connectivity index (χ0n) is 4.84. The fourth-order valence-corrected chi connectivity index (χ4v) is 0.699. The zero-order valence-corrected chi connectivity index (χ0v) is 5.60. The number of hydrogen-bond donors (Lipinski definition) is 0. The Bertz CT molecular complexity index is 264. The Morgan fingerprint density at radius 1 is 1.60 bits per heavy atom. The summed E-state index contributed by atoms with van der Waals surface area (Å²) in [4.78, 5) is 13.3. The summed E-state index contributed by atoms with van der Waals surface area (Å²) in [7, 11) is 0. The molecule has 0 aliphatic rings. The van der Waals surface area contributed by atoms with E-state index < -0.39 is 5.95 Å². The van der Waals surface area contributed by atoms with Crippen molar-refractivity contribution in [3.63, 3.8) is 0 Å². The van der Waals surface area contributed by atoms with Gasteiger partial charge in [-0.1, -0.05) is 11.6 Å². The second-order valence-corrected chi connectivity index (χ2v) is 1.99. The van der Waals surface area contributed by atoms with E-state index >= 15 is 0 Å². The van der Waals surface area contributed by atoms with Gasteiger partial charge in [0.1, 0.15) is 5.15 Å². The maximum atomic E-state index is 12.2. The second kappa shape index (κ2) is 2.75. The minimum Gasteiger partial charge on any atom is -0.298 e. The van der Waals surface area contributed by atoms with Crippen LogP contribution in [0.5, 0.6) is 0 Å². The molecule has 0 aromatic carbocycles. The van der Waals surface area contributed by atoms with E-state index in [1.165, 1.54) is 6.07 Å². The van der Waals surface area contributed by atoms with Gasteiger partial charge < -0.3 is 0 Å². The predicted octanol–water partition coefficient (Wildman–Crippen LogP) is 1.69. The van der Waals surface area contributed by atoms with E-state index in [1.807, 2.05) is 0 Å². The van der Waals surface area contributed by atoms with Gasteiger partial charge in [0.05, 0.1) is 5.56 Å². The van der Waals surface area contributed by atoms with Gasteiger partial charge in [0.25, 0.3) is 0 Å². The monoisotopic (exact) mass is 159 g/mol. The fourth-order valence-electron chi connectivity index (χ4n) is 0.511. The van der Waals surface area contributed by atoms with Crippen LogP contribution < -0.4 is 0 Å². The minimum absolute atomic E-state index is 0.102. The van der Waals surface area contributed by atoms with Crippen molar-refractivity contribution in [3.05, 3.63) is 28.8 Å². The highest BCUT2D eigenvalue weighted by Crippen LogP contribution is 2.09. The van der Waals surface area contributed by atoms with Gasteiger partial charge in [-0.2, -0.15) is 4.39 Å². The quantitative estimate of drug-likeness (QED) is 0.461. The second-order valence-electron chi connectivity index (χ2n) is 1.63. The Morgan fingerprint density at radius 3 is 2.80 bits per heavy atom. The van der Waals surface area contributed by atoms with Crippen LogP contribution in [0.25, 0.3) is 0 Å². The molecular weight excluding hydrogens is 157 g/mol. The standard InChI is InChI=1S/C6H3ClFNO/c7-6-4(3-10)1-2-5(8)9-6/h1-3H. The van der Waals surface area contributed by atoms with Crippen molar-refractivity contribution in [1.82, 2.24) is 4.98 Å². The highest BCUT2D eigenvalue weighted by atomic mass is 35.5. The van der Waals surface area contributed by atoms with E-state index in [4.69, 9.17) is 11.6 Å². The van der Waals surface area contributed by atoms with Crippen molar-refractivity contribution in [2.75, 3.05) is 0 Å².